The Morgan fingerprint density at radius 2 is 0.714 bits per heavy atom. The zero-order valence-corrected chi connectivity index (χ0v) is 24.4. The molecule has 7 heteroatoms. The van der Waals surface area contributed by atoms with Gasteiger partial charge in [0.15, 0.2) is 0 Å². The number of hydrogen-bond acceptors (Lipinski definition) is 6. The number of unbranched alkanes of at least 4 members (excludes halogenated alkanes) is 18. The first-order valence-corrected chi connectivity index (χ1v) is 16.2. The summed E-state index contributed by atoms with van der Waals surface area (Å²) in [5.41, 5.74) is 0. The second-order valence-corrected chi connectivity index (χ2v) is 11.4. The molecule has 212 valence electrons. The largest absolute Gasteiger partial charge is 0.453 e. The maximum absolute atomic E-state index is 11.8. The quantitative estimate of drug-likeness (QED) is 0.0578. The Morgan fingerprint density at radius 1 is 0.457 bits per heavy atom. The average Bonchev–Trinajstić information content (AvgIpc) is 2.84. The Bertz CT molecular complexity index is 486. The first kappa shape index (κ1) is 34.8. The van der Waals surface area contributed by atoms with Gasteiger partial charge in [-0.15, -0.1) is 0 Å². The highest BCUT2D eigenvalue weighted by atomic mass is 32.3. The van der Waals surface area contributed by atoms with E-state index in [0.717, 1.165) is 38.5 Å². The summed E-state index contributed by atoms with van der Waals surface area (Å²) >= 11 is 0. The van der Waals surface area contributed by atoms with Gasteiger partial charge in [-0.1, -0.05) is 151 Å². The molecule has 0 aromatic carbocycles. The van der Waals surface area contributed by atoms with Crippen molar-refractivity contribution in [2.75, 3.05) is 0 Å². The first-order chi connectivity index (χ1) is 16.9. The van der Waals surface area contributed by atoms with E-state index in [1.807, 2.05) is 0 Å². The SMILES string of the molecule is CCCCCCCCCCCCC(C)OOS(=O)(=O)OOC(C)CCCCCCCCCCCC. The molecule has 0 radical (unpaired) electrons. The molecule has 0 aromatic rings. The van der Waals surface area contributed by atoms with Gasteiger partial charge in [0.25, 0.3) is 0 Å². The number of rotatable bonds is 28. The summed E-state index contributed by atoms with van der Waals surface area (Å²) in [6, 6.07) is 0. The molecule has 0 heterocycles. The lowest BCUT2D eigenvalue weighted by atomic mass is 10.1. The van der Waals surface area contributed by atoms with E-state index >= 15 is 0 Å². The fourth-order valence-electron chi connectivity index (χ4n) is 4.18. The highest BCUT2D eigenvalue weighted by Crippen LogP contribution is 2.15. The highest BCUT2D eigenvalue weighted by Gasteiger charge is 2.19. The van der Waals surface area contributed by atoms with E-state index in [9.17, 15) is 8.42 Å². The van der Waals surface area contributed by atoms with Crippen LogP contribution in [0.25, 0.3) is 0 Å². The lowest BCUT2D eigenvalue weighted by Crippen LogP contribution is -2.19. The topological polar surface area (TPSA) is 71.1 Å². The average molecular weight is 523 g/mol. The molecule has 0 aromatic heterocycles. The molecule has 0 aliphatic carbocycles. The smallest absolute Gasteiger partial charge is 0.215 e. The standard InChI is InChI=1S/C28H58O6S/c1-5-7-9-11-13-15-17-19-21-23-25-27(3)31-33-35(29,30)34-32-28(4)26-24-22-20-18-16-14-12-10-8-6-2/h27-28H,5-26H2,1-4H3. The van der Waals surface area contributed by atoms with Crippen molar-refractivity contribution in [1.82, 2.24) is 0 Å². The van der Waals surface area contributed by atoms with Crippen molar-refractivity contribution in [3.8, 4) is 0 Å². The van der Waals surface area contributed by atoms with Crippen LogP contribution < -0.4 is 0 Å². The fraction of sp³-hybridized carbons (Fsp3) is 1.00. The second kappa shape index (κ2) is 25.4. The second-order valence-electron chi connectivity index (χ2n) is 10.3. The van der Waals surface area contributed by atoms with E-state index in [0.29, 0.717) is 0 Å². The van der Waals surface area contributed by atoms with Gasteiger partial charge >= 0.3 is 10.4 Å². The Kier molecular flexibility index (Phi) is 25.3. The van der Waals surface area contributed by atoms with Gasteiger partial charge in [-0.25, -0.2) is 9.78 Å². The zero-order chi connectivity index (χ0) is 26.0. The normalized spacial score (nSPS) is 13.8. The molecule has 0 spiro atoms. The lowest BCUT2D eigenvalue weighted by molar-refractivity contribution is -0.289. The Hall–Kier alpha value is -0.210. The van der Waals surface area contributed by atoms with Gasteiger partial charge in [0.2, 0.25) is 0 Å². The third-order valence-corrected chi connectivity index (χ3v) is 6.99. The predicted molar refractivity (Wildman–Crippen MR) is 145 cm³/mol. The van der Waals surface area contributed by atoms with Gasteiger partial charge in [-0.3, -0.25) is 0 Å². The van der Waals surface area contributed by atoms with E-state index in [-0.39, 0.29) is 12.2 Å². The lowest BCUT2D eigenvalue weighted by Gasteiger charge is -2.13. The van der Waals surface area contributed by atoms with Gasteiger partial charge in [-0.05, 0) is 26.7 Å². The van der Waals surface area contributed by atoms with Crippen LogP contribution in [0.3, 0.4) is 0 Å². The highest BCUT2D eigenvalue weighted by molar-refractivity contribution is 7.81. The minimum atomic E-state index is -4.32. The van der Waals surface area contributed by atoms with Gasteiger partial charge in [0.1, 0.15) is 0 Å². The molecule has 0 aliphatic heterocycles. The van der Waals surface area contributed by atoms with E-state index in [4.69, 9.17) is 9.78 Å². The Labute approximate surface area is 218 Å². The number of hydrogen-bond donors (Lipinski definition) is 0. The van der Waals surface area contributed by atoms with Crippen molar-refractivity contribution >= 4 is 10.4 Å². The summed E-state index contributed by atoms with van der Waals surface area (Å²) in [4.78, 5) is 9.99. The van der Waals surface area contributed by atoms with Crippen LogP contribution in [0.4, 0.5) is 0 Å². The van der Waals surface area contributed by atoms with Crippen LogP contribution in [0.15, 0.2) is 0 Å². The molecular formula is C28H58O6S. The van der Waals surface area contributed by atoms with Crippen LogP contribution in [0.1, 0.15) is 169 Å². The third-order valence-electron chi connectivity index (χ3n) is 6.50. The fourth-order valence-corrected chi connectivity index (χ4v) is 4.66. The Morgan fingerprint density at radius 3 is 1.00 bits per heavy atom. The predicted octanol–water partition coefficient (Wildman–Crippen LogP) is 9.53. The summed E-state index contributed by atoms with van der Waals surface area (Å²) in [5, 5.41) is 0. The van der Waals surface area contributed by atoms with Crippen molar-refractivity contribution in [2.45, 2.75) is 181 Å². The summed E-state index contributed by atoms with van der Waals surface area (Å²) in [6.07, 6.45) is 26.1. The maximum Gasteiger partial charge on any atom is 0.453 e. The molecule has 0 aliphatic rings. The molecule has 0 saturated carbocycles. The molecule has 2 unspecified atom stereocenters. The van der Waals surface area contributed by atoms with E-state index in [1.165, 1.54) is 103 Å². The summed E-state index contributed by atoms with van der Waals surface area (Å²) in [7, 11) is -4.32. The maximum atomic E-state index is 11.8. The summed E-state index contributed by atoms with van der Waals surface area (Å²) < 4.78 is 32.7. The third kappa shape index (κ3) is 26.7. The molecular weight excluding hydrogens is 464 g/mol. The van der Waals surface area contributed by atoms with E-state index < -0.39 is 10.4 Å². The molecule has 0 bridgehead atoms. The summed E-state index contributed by atoms with van der Waals surface area (Å²) in [5.74, 6) is 0. The van der Waals surface area contributed by atoms with Crippen molar-refractivity contribution in [3.05, 3.63) is 0 Å². The van der Waals surface area contributed by atoms with E-state index in [1.54, 1.807) is 13.8 Å². The molecule has 0 saturated heterocycles. The first-order valence-electron chi connectivity index (χ1n) is 14.9. The van der Waals surface area contributed by atoms with Crippen LogP contribution in [0, 0.1) is 0 Å². The van der Waals surface area contributed by atoms with Crippen molar-refractivity contribution in [3.63, 3.8) is 0 Å². The van der Waals surface area contributed by atoms with Gasteiger partial charge in [0.05, 0.1) is 12.2 Å². The summed E-state index contributed by atoms with van der Waals surface area (Å²) in [6.45, 7) is 8.09. The van der Waals surface area contributed by atoms with Gasteiger partial charge in [-0.2, -0.15) is 8.42 Å². The van der Waals surface area contributed by atoms with E-state index in [2.05, 4.69) is 22.5 Å². The van der Waals surface area contributed by atoms with Crippen LogP contribution in [0.5, 0.6) is 0 Å². The van der Waals surface area contributed by atoms with Crippen molar-refractivity contribution in [2.24, 2.45) is 0 Å². The van der Waals surface area contributed by atoms with Crippen LogP contribution in [-0.4, -0.2) is 20.6 Å². The molecule has 0 amide bonds. The van der Waals surface area contributed by atoms with Crippen LogP contribution in [-0.2, 0) is 28.8 Å². The minimum Gasteiger partial charge on any atom is -0.215 e. The Balaban J connectivity index is 3.59. The molecule has 0 N–H and O–H groups in total. The molecule has 35 heavy (non-hydrogen) atoms. The van der Waals surface area contributed by atoms with Crippen LogP contribution >= 0.6 is 0 Å². The minimum absolute atomic E-state index is 0.313. The molecule has 0 fully saturated rings. The van der Waals surface area contributed by atoms with Gasteiger partial charge in [0, 0.05) is 0 Å². The molecule has 2 atom stereocenters. The molecule has 6 nitrogen and oxygen atoms in total. The van der Waals surface area contributed by atoms with Crippen molar-refractivity contribution in [1.29, 1.82) is 0 Å². The molecule has 0 rings (SSSR count). The van der Waals surface area contributed by atoms with Crippen LogP contribution in [0.2, 0.25) is 0 Å². The van der Waals surface area contributed by atoms with Crippen molar-refractivity contribution < 1.29 is 26.9 Å². The van der Waals surface area contributed by atoms with Gasteiger partial charge < -0.3 is 0 Å². The zero-order valence-electron chi connectivity index (χ0n) is 23.6. The monoisotopic (exact) mass is 522 g/mol.